The predicted octanol–water partition coefficient (Wildman–Crippen LogP) is 3.96. The minimum atomic E-state index is 0.123. The van der Waals surface area contributed by atoms with Crippen LogP contribution in [0.25, 0.3) is 0 Å². The fraction of sp³-hybridized carbons (Fsp3) is 0.400. The minimum absolute atomic E-state index is 0.123. The van der Waals surface area contributed by atoms with E-state index in [4.69, 9.17) is 22.1 Å². The molecule has 0 saturated heterocycles. The fourth-order valence-corrected chi connectivity index (χ4v) is 2.69. The standard InChI is InChI=1S/C15H19ClN2OS/c1-3-13(17)7-11-6-12(16)4-5-15(11)19-8-14-9-20-10(2)18-14/h4-6,9,13H,3,7-8,17H2,1-2H3. The molecule has 0 spiro atoms. The smallest absolute Gasteiger partial charge is 0.131 e. The molecule has 0 aliphatic heterocycles. The van der Waals surface area contributed by atoms with E-state index in [9.17, 15) is 0 Å². The molecule has 5 heteroatoms. The Morgan fingerprint density at radius 2 is 2.25 bits per heavy atom. The lowest BCUT2D eigenvalue weighted by molar-refractivity contribution is 0.298. The Balaban J connectivity index is 2.09. The number of aromatic nitrogens is 1. The van der Waals surface area contributed by atoms with Crippen molar-refractivity contribution in [2.24, 2.45) is 5.73 Å². The monoisotopic (exact) mass is 310 g/mol. The maximum absolute atomic E-state index is 6.06. The van der Waals surface area contributed by atoms with Crippen LogP contribution in [0.3, 0.4) is 0 Å². The van der Waals surface area contributed by atoms with E-state index in [0.29, 0.717) is 11.6 Å². The van der Waals surface area contributed by atoms with Gasteiger partial charge in [0.2, 0.25) is 0 Å². The Labute approximate surface area is 128 Å². The van der Waals surface area contributed by atoms with E-state index in [-0.39, 0.29) is 6.04 Å². The number of hydrogen-bond acceptors (Lipinski definition) is 4. The summed E-state index contributed by atoms with van der Waals surface area (Å²) in [6.45, 7) is 4.54. The Bertz CT molecular complexity index is 571. The molecule has 0 fully saturated rings. The molecule has 0 aliphatic rings. The fourth-order valence-electron chi connectivity index (χ4n) is 1.90. The molecule has 0 bridgehead atoms. The van der Waals surface area contributed by atoms with E-state index in [1.807, 2.05) is 30.5 Å². The molecule has 1 aromatic carbocycles. The summed E-state index contributed by atoms with van der Waals surface area (Å²) in [5, 5.41) is 3.77. The average molecular weight is 311 g/mol. The van der Waals surface area contributed by atoms with Crippen LogP contribution in [-0.4, -0.2) is 11.0 Å². The summed E-state index contributed by atoms with van der Waals surface area (Å²) in [5.74, 6) is 0.837. The SMILES string of the molecule is CCC(N)Cc1cc(Cl)ccc1OCc1csc(C)n1. The van der Waals surface area contributed by atoms with E-state index in [1.54, 1.807) is 11.3 Å². The summed E-state index contributed by atoms with van der Waals surface area (Å²) >= 11 is 7.69. The Morgan fingerprint density at radius 1 is 1.45 bits per heavy atom. The first-order valence-electron chi connectivity index (χ1n) is 6.66. The molecule has 1 heterocycles. The van der Waals surface area contributed by atoms with Gasteiger partial charge in [0.1, 0.15) is 12.4 Å². The van der Waals surface area contributed by atoms with Crippen molar-refractivity contribution in [1.29, 1.82) is 0 Å². The van der Waals surface area contributed by atoms with Crippen molar-refractivity contribution in [3.05, 3.63) is 44.9 Å². The molecule has 0 radical (unpaired) electrons. The van der Waals surface area contributed by atoms with Crippen LogP contribution < -0.4 is 10.5 Å². The largest absolute Gasteiger partial charge is 0.487 e. The molecule has 0 amide bonds. The van der Waals surface area contributed by atoms with Gasteiger partial charge in [-0.2, -0.15) is 0 Å². The molecular weight excluding hydrogens is 292 g/mol. The zero-order valence-electron chi connectivity index (χ0n) is 11.7. The second kappa shape index (κ2) is 7.07. The summed E-state index contributed by atoms with van der Waals surface area (Å²) < 4.78 is 5.87. The number of hydrogen-bond donors (Lipinski definition) is 1. The highest BCUT2D eigenvalue weighted by atomic mass is 35.5. The molecule has 1 aromatic heterocycles. The summed E-state index contributed by atoms with van der Waals surface area (Å²) in [4.78, 5) is 4.39. The lowest BCUT2D eigenvalue weighted by atomic mass is 10.0. The third-order valence-electron chi connectivity index (χ3n) is 3.07. The number of rotatable bonds is 6. The van der Waals surface area contributed by atoms with Gasteiger partial charge in [0.05, 0.1) is 10.7 Å². The lowest BCUT2D eigenvalue weighted by Gasteiger charge is -2.14. The van der Waals surface area contributed by atoms with Crippen molar-refractivity contribution < 1.29 is 4.74 Å². The summed E-state index contributed by atoms with van der Waals surface area (Å²) in [6.07, 6.45) is 1.69. The number of ether oxygens (including phenoxy) is 1. The van der Waals surface area contributed by atoms with Crippen molar-refractivity contribution in [2.75, 3.05) is 0 Å². The average Bonchev–Trinajstić information content (AvgIpc) is 2.83. The minimum Gasteiger partial charge on any atom is -0.487 e. The van der Waals surface area contributed by atoms with Crippen molar-refractivity contribution >= 4 is 22.9 Å². The molecule has 1 unspecified atom stereocenters. The van der Waals surface area contributed by atoms with Crippen LogP contribution in [0, 0.1) is 6.92 Å². The maximum Gasteiger partial charge on any atom is 0.131 e. The van der Waals surface area contributed by atoms with Gasteiger partial charge in [-0.05, 0) is 43.5 Å². The second-order valence-corrected chi connectivity index (χ2v) is 6.27. The molecule has 0 saturated carbocycles. The molecule has 20 heavy (non-hydrogen) atoms. The van der Waals surface area contributed by atoms with Crippen molar-refractivity contribution in [1.82, 2.24) is 4.98 Å². The molecule has 0 aliphatic carbocycles. The van der Waals surface area contributed by atoms with Crippen LogP contribution in [0.1, 0.15) is 29.6 Å². The van der Waals surface area contributed by atoms with Gasteiger partial charge in [-0.25, -0.2) is 4.98 Å². The Kier molecular flexibility index (Phi) is 5.40. The number of nitrogens with two attached hydrogens (primary N) is 1. The van der Waals surface area contributed by atoms with Gasteiger partial charge < -0.3 is 10.5 Å². The van der Waals surface area contributed by atoms with Gasteiger partial charge in [-0.15, -0.1) is 11.3 Å². The van der Waals surface area contributed by atoms with Gasteiger partial charge in [0.25, 0.3) is 0 Å². The summed E-state index contributed by atoms with van der Waals surface area (Å²) in [5.41, 5.74) is 8.03. The number of nitrogens with zero attached hydrogens (tertiary/aromatic N) is 1. The van der Waals surface area contributed by atoms with Gasteiger partial charge in [-0.3, -0.25) is 0 Å². The van der Waals surface area contributed by atoms with Crippen molar-refractivity contribution in [2.45, 2.75) is 39.3 Å². The van der Waals surface area contributed by atoms with Crippen LogP contribution in [0.2, 0.25) is 5.02 Å². The maximum atomic E-state index is 6.06. The predicted molar refractivity (Wildman–Crippen MR) is 84.6 cm³/mol. The number of benzene rings is 1. The molecule has 2 aromatic rings. The number of halogens is 1. The first-order chi connectivity index (χ1) is 9.58. The van der Waals surface area contributed by atoms with Gasteiger partial charge >= 0.3 is 0 Å². The van der Waals surface area contributed by atoms with E-state index in [1.165, 1.54) is 0 Å². The van der Waals surface area contributed by atoms with E-state index >= 15 is 0 Å². The first kappa shape index (κ1) is 15.3. The Hall–Kier alpha value is -1.10. The van der Waals surface area contributed by atoms with Crippen LogP contribution in [0.5, 0.6) is 5.75 Å². The molecular formula is C15H19ClN2OS. The first-order valence-corrected chi connectivity index (χ1v) is 7.92. The highest BCUT2D eigenvalue weighted by Gasteiger charge is 2.10. The van der Waals surface area contributed by atoms with E-state index in [0.717, 1.165) is 34.9 Å². The number of aryl methyl sites for hydroxylation is 1. The summed E-state index contributed by atoms with van der Waals surface area (Å²) in [7, 11) is 0. The van der Waals surface area contributed by atoms with Gasteiger partial charge in [0, 0.05) is 16.4 Å². The van der Waals surface area contributed by atoms with Crippen LogP contribution in [0.4, 0.5) is 0 Å². The number of thiazole rings is 1. The molecule has 2 N–H and O–H groups in total. The third kappa shape index (κ3) is 4.20. The highest BCUT2D eigenvalue weighted by Crippen LogP contribution is 2.25. The van der Waals surface area contributed by atoms with Crippen molar-refractivity contribution in [3.8, 4) is 5.75 Å². The molecule has 108 valence electrons. The van der Waals surface area contributed by atoms with Crippen LogP contribution in [-0.2, 0) is 13.0 Å². The van der Waals surface area contributed by atoms with E-state index in [2.05, 4.69) is 11.9 Å². The molecule has 3 nitrogen and oxygen atoms in total. The van der Waals surface area contributed by atoms with Crippen molar-refractivity contribution in [3.63, 3.8) is 0 Å². The van der Waals surface area contributed by atoms with Crippen LogP contribution in [0.15, 0.2) is 23.6 Å². The lowest BCUT2D eigenvalue weighted by Crippen LogP contribution is -2.21. The normalized spacial score (nSPS) is 12.4. The zero-order chi connectivity index (χ0) is 14.5. The zero-order valence-corrected chi connectivity index (χ0v) is 13.3. The quantitative estimate of drug-likeness (QED) is 0.878. The topological polar surface area (TPSA) is 48.1 Å². The third-order valence-corrected chi connectivity index (χ3v) is 4.13. The summed E-state index contributed by atoms with van der Waals surface area (Å²) in [6, 6.07) is 5.79. The molecule has 1 atom stereocenters. The van der Waals surface area contributed by atoms with Gasteiger partial charge in [-0.1, -0.05) is 18.5 Å². The van der Waals surface area contributed by atoms with Crippen LogP contribution >= 0.6 is 22.9 Å². The molecule has 2 rings (SSSR count). The highest BCUT2D eigenvalue weighted by molar-refractivity contribution is 7.09. The van der Waals surface area contributed by atoms with Gasteiger partial charge in [0.15, 0.2) is 0 Å². The Morgan fingerprint density at radius 3 is 2.90 bits per heavy atom. The second-order valence-electron chi connectivity index (χ2n) is 4.77. The van der Waals surface area contributed by atoms with E-state index < -0.39 is 0 Å².